The number of fused-ring (bicyclic) bond motifs is 1. The lowest BCUT2D eigenvalue weighted by Crippen LogP contribution is -2.28. The summed E-state index contributed by atoms with van der Waals surface area (Å²) in [7, 11) is -6.04. The SMILES string of the molecule is CCOC(=O)c1c(Cl)c(OS(=O)(=O)C(F)(F)F)nc2c1cnn2C(C)C. The minimum absolute atomic E-state index is 0.0473. The third-order valence-corrected chi connectivity index (χ3v) is 4.39. The highest BCUT2D eigenvalue weighted by Gasteiger charge is 2.49. The van der Waals surface area contributed by atoms with Gasteiger partial charge in [-0.05, 0) is 20.8 Å². The van der Waals surface area contributed by atoms with Crippen LogP contribution >= 0.6 is 11.6 Å². The van der Waals surface area contributed by atoms with E-state index in [0.29, 0.717) is 0 Å². The second-order valence-corrected chi connectivity index (χ2v) is 7.15. The molecule has 0 aliphatic heterocycles. The number of rotatable bonds is 5. The van der Waals surface area contributed by atoms with E-state index in [1.807, 2.05) is 0 Å². The lowest BCUT2D eigenvalue weighted by molar-refractivity contribution is -0.0501. The van der Waals surface area contributed by atoms with Gasteiger partial charge in [-0.2, -0.15) is 31.7 Å². The molecule has 0 N–H and O–H groups in total. The third kappa shape index (κ3) is 3.56. The molecule has 0 radical (unpaired) electrons. The maximum absolute atomic E-state index is 12.6. The first kappa shape index (κ1) is 20.2. The Morgan fingerprint density at radius 2 is 2.00 bits per heavy atom. The van der Waals surface area contributed by atoms with Gasteiger partial charge in [-0.25, -0.2) is 9.48 Å². The fourth-order valence-electron chi connectivity index (χ4n) is 2.00. The number of aromatic nitrogens is 3. The standard InChI is InChI=1S/C13H13ClF3N3O5S/c1-4-24-12(21)8-7-5-18-20(6(2)3)10(7)19-11(9(8)14)25-26(22,23)13(15,16)17/h5-6H,4H2,1-3H3. The zero-order valence-corrected chi connectivity index (χ0v) is 15.2. The normalized spacial score (nSPS) is 12.6. The summed E-state index contributed by atoms with van der Waals surface area (Å²) >= 11 is 5.91. The zero-order chi connectivity index (χ0) is 19.9. The smallest absolute Gasteiger partial charge is 0.462 e. The summed E-state index contributed by atoms with van der Waals surface area (Å²) in [5.74, 6) is -2.08. The molecule has 2 aromatic heterocycles. The molecule has 2 heterocycles. The van der Waals surface area contributed by atoms with Gasteiger partial charge in [-0.3, -0.25) is 0 Å². The number of alkyl halides is 3. The number of halogens is 4. The van der Waals surface area contributed by atoms with Crippen LogP contribution in [-0.4, -0.2) is 41.3 Å². The molecule has 0 spiro atoms. The molecule has 0 unspecified atom stereocenters. The molecule has 0 amide bonds. The van der Waals surface area contributed by atoms with Crippen molar-refractivity contribution in [2.24, 2.45) is 0 Å². The van der Waals surface area contributed by atoms with Crippen molar-refractivity contribution in [1.29, 1.82) is 0 Å². The molecule has 0 fully saturated rings. The monoisotopic (exact) mass is 415 g/mol. The fraction of sp³-hybridized carbons (Fsp3) is 0.462. The van der Waals surface area contributed by atoms with E-state index in [2.05, 4.69) is 14.3 Å². The Morgan fingerprint density at radius 3 is 2.50 bits per heavy atom. The molecular formula is C13H13ClF3N3O5S. The summed E-state index contributed by atoms with van der Waals surface area (Å²) in [6, 6.07) is -0.303. The molecule has 0 aliphatic carbocycles. The van der Waals surface area contributed by atoms with Crippen LogP contribution in [0.1, 0.15) is 37.2 Å². The molecule has 0 saturated carbocycles. The maximum Gasteiger partial charge on any atom is 0.534 e. The van der Waals surface area contributed by atoms with Crippen molar-refractivity contribution in [3.05, 3.63) is 16.8 Å². The summed E-state index contributed by atoms with van der Waals surface area (Å²) in [5.41, 5.74) is -6.17. The predicted octanol–water partition coefficient (Wildman–Crippen LogP) is 3.07. The predicted molar refractivity (Wildman–Crippen MR) is 84.5 cm³/mol. The van der Waals surface area contributed by atoms with Crippen molar-refractivity contribution >= 4 is 38.7 Å². The van der Waals surface area contributed by atoms with E-state index in [1.54, 1.807) is 13.8 Å². The second-order valence-electron chi connectivity index (χ2n) is 5.23. The molecular weight excluding hydrogens is 403 g/mol. The van der Waals surface area contributed by atoms with Crippen molar-refractivity contribution in [3.8, 4) is 5.88 Å². The summed E-state index contributed by atoms with van der Waals surface area (Å²) < 4.78 is 70.5. The van der Waals surface area contributed by atoms with Crippen LogP contribution in [0, 0.1) is 0 Å². The van der Waals surface area contributed by atoms with Crippen molar-refractivity contribution < 1.29 is 35.3 Å². The van der Waals surface area contributed by atoms with Crippen LogP contribution in [0.15, 0.2) is 6.20 Å². The van der Waals surface area contributed by atoms with E-state index < -0.39 is 38.1 Å². The van der Waals surface area contributed by atoms with Gasteiger partial charge in [0.2, 0.25) is 0 Å². The average molecular weight is 416 g/mol. The number of hydrogen-bond donors (Lipinski definition) is 0. The van der Waals surface area contributed by atoms with Crippen molar-refractivity contribution in [3.63, 3.8) is 0 Å². The van der Waals surface area contributed by atoms with E-state index in [1.165, 1.54) is 17.8 Å². The largest absolute Gasteiger partial charge is 0.534 e. The van der Waals surface area contributed by atoms with Crippen LogP contribution in [0.2, 0.25) is 5.02 Å². The Hall–Kier alpha value is -2.08. The van der Waals surface area contributed by atoms with E-state index in [9.17, 15) is 26.4 Å². The summed E-state index contributed by atoms with van der Waals surface area (Å²) in [6.07, 6.45) is 1.22. The number of carbonyl (C=O) groups is 1. The Labute approximate surface area is 151 Å². The topological polar surface area (TPSA) is 100 Å². The molecule has 0 atom stereocenters. The molecule has 0 aliphatic rings. The summed E-state index contributed by atoms with van der Waals surface area (Å²) in [4.78, 5) is 15.9. The first-order valence-corrected chi connectivity index (χ1v) is 8.94. The first-order chi connectivity index (χ1) is 11.9. The minimum atomic E-state index is -6.04. The highest BCUT2D eigenvalue weighted by atomic mass is 35.5. The number of nitrogens with zero attached hydrogens (tertiary/aromatic N) is 3. The highest BCUT2D eigenvalue weighted by molar-refractivity contribution is 7.88. The number of hydrogen-bond acceptors (Lipinski definition) is 7. The first-order valence-electron chi connectivity index (χ1n) is 7.15. The number of esters is 1. The molecule has 2 rings (SSSR count). The lowest BCUT2D eigenvalue weighted by Gasteiger charge is -2.13. The quantitative estimate of drug-likeness (QED) is 0.420. The second kappa shape index (κ2) is 6.91. The summed E-state index contributed by atoms with van der Waals surface area (Å²) in [5, 5.41) is 3.34. The fourth-order valence-corrected chi connectivity index (χ4v) is 2.73. The van der Waals surface area contributed by atoms with Crippen molar-refractivity contribution in [1.82, 2.24) is 14.8 Å². The number of carbonyl (C=O) groups excluding carboxylic acids is 1. The van der Waals surface area contributed by atoms with E-state index in [-0.39, 0.29) is 23.7 Å². The van der Waals surface area contributed by atoms with Gasteiger partial charge in [0.1, 0.15) is 5.02 Å². The Balaban J connectivity index is 2.77. The van der Waals surface area contributed by atoms with Gasteiger partial charge in [0.15, 0.2) is 5.65 Å². The minimum Gasteiger partial charge on any atom is -0.462 e. The van der Waals surface area contributed by atoms with Crippen LogP contribution in [0.4, 0.5) is 13.2 Å². The van der Waals surface area contributed by atoms with Gasteiger partial charge in [-0.15, -0.1) is 0 Å². The van der Waals surface area contributed by atoms with Crippen LogP contribution in [0.3, 0.4) is 0 Å². The van der Waals surface area contributed by atoms with E-state index >= 15 is 0 Å². The van der Waals surface area contributed by atoms with E-state index in [0.717, 1.165) is 0 Å². The molecule has 0 aromatic carbocycles. The molecule has 144 valence electrons. The van der Waals surface area contributed by atoms with Crippen LogP contribution in [0.25, 0.3) is 11.0 Å². The van der Waals surface area contributed by atoms with Crippen LogP contribution in [-0.2, 0) is 14.9 Å². The lowest BCUT2D eigenvalue weighted by atomic mass is 10.2. The molecule has 0 saturated heterocycles. The van der Waals surface area contributed by atoms with Crippen LogP contribution < -0.4 is 4.18 Å². The van der Waals surface area contributed by atoms with Gasteiger partial charge in [0.25, 0.3) is 5.88 Å². The van der Waals surface area contributed by atoms with Gasteiger partial charge in [0, 0.05) is 6.04 Å². The summed E-state index contributed by atoms with van der Waals surface area (Å²) in [6.45, 7) is 4.85. The van der Waals surface area contributed by atoms with Gasteiger partial charge in [0.05, 0.1) is 23.8 Å². The molecule has 8 nitrogen and oxygen atoms in total. The van der Waals surface area contributed by atoms with Gasteiger partial charge < -0.3 is 8.92 Å². The van der Waals surface area contributed by atoms with Gasteiger partial charge >= 0.3 is 21.6 Å². The zero-order valence-electron chi connectivity index (χ0n) is 13.7. The van der Waals surface area contributed by atoms with Gasteiger partial charge in [-0.1, -0.05) is 11.6 Å². The Morgan fingerprint density at radius 1 is 1.38 bits per heavy atom. The third-order valence-electron chi connectivity index (χ3n) is 3.09. The number of pyridine rings is 1. The molecule has 26 heavy (non-hydrogen) atoms. The Bertz CT molecular complexity index is 956. The van der Waals surface area contributed by atoms with Crippen molar-refractivity contribution in [2.75, 3.05) is 6.61 Å². The van der Waals surface area contributed by atoms with Crippen molar-refractivity contribution in [2.45, 2.75) is 32.3 Å². The van der Waals surface area contributed by atoms with E-state index in [4.69, 9.17) is 16.3 Å². The highest BCUT2D eigenvalue weighted by Crippen LogP contribution is 2.36. The number of ether oxygens (including phenoxy) is 1. The molecule has 13 heteroatoms. The average Bonchev–Trinajstić information content (AvgIpc) is 2.90. The maximum atomic E-state index is 12.6. The molecule has 0 bridgehead atoms. The molecule has 2 aromatic rings. The Kier molecular flexibility index (Phi) is 5.38. The van der Waals surface area contributed by atoms with Crippen LogP contribution in [0.5, 0.6) is 5.88 Å².